The summed E-state index contributed by atoms with van der Waals surface area (Å²) >= 11 is 0. The van der Waals surface area contributed by atoms with Crippen molar-refractivity contribution in [3.05, 3.63) is 41.4 Å². The molecule has 144 valence electrons. The van der Waals surface area contributed by atoms with Gasteiger partial charge in [-0.25, -0.2) is 4.68 Å². The highest BCUT2D eigenvalue weighted by molar-refractivity contribution is 5.95. The van der Waals surface area contributed by atoms with Gasteiger partial charge in [0.1, 0.15) is 12.4 Å². The first kappa shape index (κ1) is 18.8. The number of carbonyl (C=O) groups excluding carboxylic acids is 1. The van der Waals surface area contributed by atoms with Gasteiger partial charge in [0.25, 0.3) is 0 Å². The molecule has 0 spiro atoms. The Morgan fingerprint density at radius 3 is 2.85 bits per heavy atom. The third-order valence-electron chi connectivity index (χ3n) is 4.57. The Morgan fingerprint density at radius 1 is 1.33 bits per heavy atom. The van der Waals surface area contributed by atoms with Crippen LogP contribution in [0.25, 0.3) is 0 Å². The van der Waals surface area contributed by atoms with Crippen molar-refractivity contribution < 1.29 is 14.3 Å². The minimum atomic E-state index is -0.509. The fraction of sp³-hybridized carbons (Fsp3) is 0.421. The van der Waals surface area contributed by atoms with Gasteiger partial charge in [-0.2, -0.15) is 10.1 Å². The van der Waals surface area contributed by atoms with Gasteiger partial charge in [0.2, 0.25) is 11.9 Å². The van der Waals surface area contributed by atoms with Crippen molar-refractivity contribution in [3.8, 4) is 11.5 Å². The molecule has 0 bridgehead atoms. The van der Waals surface area contributed by atoms with Gasteiger partial charge in [0, 0.05) is 5.70 Å². The quantitative estimate of drug-likeness (QED) is 0.691. The minimum absolute atomic E-state index is 0.437. The SMILES string of the molecule is CCCCCOc1ccc(C2C(C(N)=O)=C(C)Nc3ncnn32)cc1OC. The number of nitrogens with one attached hydrogen (secondary N) is 1. The van der Waals surface area contributed by atoms with Crippen LogP contribution in [0.15, 0.2) is 35.8 Å². The van der Waals surface area contributed by atoms with Crippen LogP contribution < -0.4 is 20.5 Å². The summed E-state index contributed by atoms with van der Waals surface area (Å²) in [6.07, 6.45) is 4.69. The van der Waals surface area contributed by atoms with Gasteiger partial charge >= 0.3 is 0 Å². The van der Waals surface area contributed by atoms with Crippen LogP contribution in [0.1, 0.15) is 44.7 Å². The lowest BCUT2D eigenvalue weighted by Gasteiger charge is -2.28. The van der Waals surface area contributed by atoms with E-state index in [1.165, 1.54) is 6.33 Å². The molecule has 8 heteroatoms. The van der Waals surface area contributed by atoms with E-state index in [1.807, 2.05) is 18.2 Å². The van der Waals surface area contributed by atoms with E-state index in [0.717, 1.165) is 24.8 Å². The highest BCUT2D eigenvalue weighted by Crippen LogP contribution is 2.38. The maximum Gasteiger partial charge on any atom is 0.248 e. The molecule has 3 rings (SSSR count). The molecule has 1 aromatic carbocycles. The molecule has 0 saturated heterocycles. The zero-order valence-electron chi connectivity index (χ0n) is 15.9. The topological polar surface area (TPSA) is 104 Å². The van der Waals surface area contributed by atoms with Crippen molar-refractivity contribution >= 4 is 11.9 Å². The number of hydrogen-bond donors (Lipinski definition) is 2. The fourth-order valence-corrected chi connectivity index (χ4v) is 3.23. The molecule has 0 aliphatic carbocycles. The second-order valence-corrected chi connectivity index (χ2v) is 6.42. The van der Waals surface area contributed by atoms with Gasteiger partial charge in [-0.15, -0.1) is 0 Å². The Hall–Kier alpha value is -3.03. The summed E-state index contributed by atoms with van der Waals surface area (Å²) < 4.78 is 13.0. The molecule has 0 saturated carbocycles. The van der Waals surface area contributed by atoms with E-state index in [1.54, 1.807) is 18.7 Å². The first-order valence-corrected chi connectivity index (χ1v) is 9.04. The number of benzene rings is 1. The fourth-order valence-electron chi connectivity index (χ4n) is 3.23. The summed E-state index contributed by atoms with van der Waals surface area (Å²) in [6, 6.07) is 5.12. The molecule has 2 aromatic rings. The number of unbranched alkanes of at least 4 members (excludes halogenated alkanes) is 2. The van der Waals surface area contributed by atoms with E-state index in [4.69, 9.17) is 15.2 Å². The molecule has 1 unspecified atom stereocenters. The maximum atomic E-state index is 12.1. The van der Waals surface area contributed by atoms with Crippen molar-refractivity contribution in [1.82, 2.24) is 14.8 Å². The number of fused-ring (bicyclic) bond motifs is 1. The smallest absolute Gasteiger partial charge is 0.248 e. The number of primary amides is 1. The van der Waals surface area contributed by atoms with E-state index in [2.05, 4.69) is 22.3 Å². The molecular weight excluding hydrogens is 346 g/mol. The number of hydrogen-bond acceptors (Lipinski definition) is 6. The Bertz CT molecular complexity index is 859. The molecule has 2 heterocycles. The van der Waals surface area contributed by atoms with Gasteiger partial charge < -0.3 is 20.5 Å². The average molecular weight is 371 g/mol. The highest BCUT2D eigenvalue weighted by Gasteiger charge is 2.32. The van der Waals surface area contributed by atoms with Gasteiger partial charge in [0.05, 0.1) is 19.3 Å². The number of carbonyl (C=O) groups is 1. The summed E-state index contributed by atoms with van der Waals surface area (Å²) in [5.74, 6) is 1.32. The second-order valence-electron chi connectivity index (χ2n) is 6.42. The van der Waals surface area contributed by atoms with Crippen molar-refractivity contribution in [2.45, 2.75) is 39.2 Å². The lowest BCUT2D eigenvalue weighted by atomic mass is 9.95. The monoisotopic (exact) mass is 371 g/mol. The first-order chi connectivity index (χ1) is 13.1. The van der Waals surface area contributed by atoms with Crippen LogP contribution >= 0.6 is 0 Å². The number of nitrogens with zero attached hydrogens (tertiary/aromatic N) is 3. The van der Waals surface area contributed by atoms with Crippen LogP contribution in [0.3, 0.4) is 0 Å². The molecule has 1 aliphatic rings. The first-order valence-electron chi connectivity index (χ1n) is 9.04. The minimum Gasteiger partial charge on any atom is -0.493 e. The lowest BCUT2D eigenvalue weighted by molar-refractivity contribution is -0.115. The Labute approximate surface area is 158 Å². The number of nitrogens with two attached hydrogens (primary N) is 1. The number of anilines is 1. The third-order valence-corrected chi connectivity index (χ3v) is 4.57. The zero-order valence-corrected chi connectivity index (χ0v) is 15.9. The summed E-state index contributed by atoms with van der Waals surface area (Å²) in [7, 11) is 1.59. The van der Waals surface area contributed by atoms with Gasteiger partial charge in [0.15, 0.2) is 11.5 Å². The number of ether oxygens (including phenoxy) is 2. The predicted molar refractivity (Wildman–Crippen MR) is 102 cm³/mol. The molecule has 27 heavy (non-hydrogen) atoms. The maximum absolute atomic E-state index is 12.1. The van der Waals surface area contributed by atoms with Crippen molar-refractivity contribution in [2.75, 3.05) is 19.0 Å². The van der Waals surface area contributed by atoms with Gasteiger partial charge in [-0.3, -0.25) is 4.79 Å². The van der Waals surface area contributed by atoms with Crippen LogP contribution in [0.2, 0.25) is 0 Å². The molecular formula is C19H25N5O3. The molecule has 1 aliphatic heterocycles. The Morgan fingerprint density at radius 2 is 2.15 bits per heavy atom. The van der Waals surface area contributed by atoms with Crippen LogP contribution in [-0.4, -0.2) is 34.4 Å². The second kappa shape index (κ2) is 8.11. The standard InChI is InChI=1S/C19H25N5O3/c1-4-5-6-9-27-14-8-7-13(10-15(14)26-3)17-16(18(20)25)12(2)23-19-21-11-22-24(17)19/h7-8,10-11,17H,4-6,9H2,1-3H3,(H2,20,25)(H,21,22,23). The third kappa shape index (κ3) is 3.74. The lowest BCUT2D eigenvalue weighted by Crippen LogP contribution is -2.31. The van der Waals surface area contributed by atoms with Crippen molar-refractivity contribution in [3.63, 3.8) is 0 Å². The molecule has 1 atom stereocenters. The molecule has 1 amide bonds. The number of aromatic nitrogens is 3. The van der Waals surface area contributed by atoms with Gasteiger partial charge in [-0.05, 0) is 31.0 Å². The average Bonchev–Trinajstić information content (AvgIpc) is 3.11. The zero-order chi connectivity index (χ0) is 19.4. The summed E-state index contributed by atoms with van der Waals surface area (Å²) in [5, 5.41) is 7.32. The van der Waals surface area contributed by atoms with Crippen LogP contribution in [0.5, 0.6) is 11.5 Å². The Kier molecular flexibility index (Phi) is 5.63. The predicted octanol–water partition coefficient (Wildman–Crippen LogP) is 2.63. The summed E-state index contributed by atoms with van der Waals surface area (Å²) in [6.45, 7) is 4.59. The molecule has 3 N–H and O–H groups in total. The van der Waals surface area contributed by atoms with Crippen molar-refractivity contribution in [2.24, 2.45) is 5.73 Å². The van der Waals surface area contributed by atoms with E-state index >= 15 is 0 Å². The molecule has 8 nitrogen and oxygen atoms in total. The number of amides is 1. The highest BCUT2D eigenvalue weighted by atomic mass is 16.5. The van der Waals surface area contributed by atoms with Crippen LogP contribution in [0, 0.1) is 0 Å². The van der Waals surface area contributed by atoms with E-state index < -0.39 is 11.9 Å². The van der Waals surface area contributed by atoms with Crippen LogP contribution in [0.4, 0.5) is 5.95 Å². The van der Waals surface area contributed by atoms with E-state index in [0.29, 0.717) is 35.3 Å². The number of methoxy groups -OCH3 is 1. The normalized spacial score (nSPS) is 15.9. The van der Waals surface area contributed by atoms with E-state index in [9.17, 15) is 4.79 Å². The summed E-state index contributed by atoms with van der Waals surface area (Å²) in [4.78, 5) is 16.3. The molecule has 0 radical (unpaired) electrons. The van der Waals surface area contributed by atoms with Crippen molar-refractivity contribution in [1.29, 1.82) is 0 Å². The van der Waals surface area contributed by atoms with Gasteiger partial charge in [-0.1, -0.05) is 25.8 Å². The summed E-state index contributed by atoms with van der Waals surface area (Å²) in [5.41, 5.74) is 7.56. The Balaban J connectivity index is 1.96. The number of allylic oxidation sites excluding steroid dienone is 1. The number of rotatable bonds is 8. The largest absolute Gasteiger partial charge is 0.493 e. The molecule has 1 aromatic heterocycles. The molecule has 0 fully saturated rings. The van der Waals surface area contributed by atoms with E-state index in [-0.39, 0.29) is 0 Å². The van der Waals surface area contributed by atoms with Crippen LogP contribution in [-0.2, 0) is 4.79 Å².